The second-order valence-electron chi connectivity index (χ2n) is 5.00. The molecular formula is C17H18N2O2. The first kappa shape index (κ1) is 15.0. The van der Waals surface area contributed by atoms with Gasteiger partial charge < -0.3 is 9.84 Å². The molecule has 0 saturated carbocycles. The predicted molar refractivity (Wildman–Crippen MR) is 80.2 cm³/mol. The summed E-state index contributed by atoms with van der Waals surface area (Å²) >= 11 is 0. The molecule has 1 aromatic heterocycles. The SMILES string of the molecule is CC[C@@H](O)c1ccc(Oc2c(C)cc(C#N)cc2C)cn1. The van der Waals surface area contributed by atoms with E-state index in [9.17, 15) is 5.11 Å². The van der Waals surface area contributed by atoms with Gasteiger partial charge in [0.05, 0.1) is 29.6 Å². The van der Waals surface area contributed by atoms with Crippen molar-refractivity contribution in [2.24, 2.45) is 0 Å². The van der Waals surface area contributed by atoms with Crippen LogP contribution in [0.4, 0.5) is 0 Å². The Kier molecular flexibility index (Phi) is 4.56. The average Bonchev–Trinajstić information content (AvgIpc) is 2.50. The molecule has 1 aromatic carbocycles. The van der Waals surface area contributed by atoms with Crippen LogP contribution in [-0.2, 0) is 0 Å². The highest BCUT2D eigenvalue weighted by molar-refractivity contribution is 5.48. The zero-order valence-electron chi connectivity index (χ0n) is 12.4. The van der Waals surface area contributed by atoms with Gasteiger partial charge in [-0.2, -0.15) is 5.26 Å². The molecule has 0 spiro atoms. The van der Waals surface area contributed by atoms with E-state index in [0.717, 1.165) is 16.9 Å². The highest BCUT2D eigenvalue weighted by Gasteiger charge is 2.10. The zero-order valence-corrected chi connectivity index (χ0v) is 12.4. The fraction of sp³-hybridized carbons (Fsp3) is 0.294. The number of hydrogen-bond acceptors (Lipinski definition) is 4. The summed E-state index contributed by atoms with van der Waals surface area (Å²) in [5.74, 6) is 1.34. The van der Waals surface area contributed by atoms with Crippen molar-refractivity contribution >= 4 is 0 Å². The highest BCUT2D eigenvalue weighted by atomic mass is 16.5. The highest BCUT2D eigenvalue weighted by Crippen LogP contribution is 2.30. The molecule has 1 heterocycles. The van der Waals surface area contributed by atoms with Crippen LogP contribution in [0, 0.1) is 25.2 Å². The second kappa shape index (κ2) is 6.38. The fourth-order valence-corrected chi connectivity index (χ4v) is 2.15. The minimum atomic E-state index is -0.544. The monoisotopic (exact) mass is 282 g/mol. The molecule has 0 bridgehead atoms. The molecule has 4 nitrogen and oxygen atoms in total. The van der Waals surface area contributed by atoms with E-state index in [-0.39, 0.29) is 0 Å². The van der Waals surface area contributed by atoms with Crippen LogP contribution in [-0.4, -0.2) is 10.1 Å². The van der Waals surface area contributed by atoms with Crippen LogP contribution in [0.3, 0.4) is 0 Å². The lowest BCUT2D eigenvalue weighted by Gasteiger charge is -2.13. The molecule has 2 rings (SSSR count). The lowest BCUT2D eigenvalue weighted by atomic mass is 10.1. The summed E-state index contributed by atoms with van der Waals surface area (Å²) in [6.07, 6.45) is 1.68. The number of aliphatic hydroxyl groups is 1. The Labute approximate surface area is 124 Å². The van der Waals surface area contributed by atoms with E-state index in [1.54, 1.807) is 30.5 Å². The van der Waals surface area contributed by atoms with E-state index in [4.69, 9.17) is 10.00 Å². The van der Waals surface area contributed by atoms with E-state index >= 15 is 0 Å². The van der Waals surface area contributed by atoms with Crippen molar-refractivity contribution in [2.45, 2.75) is 33.3 Å². The number of nitrogens with zero attached hydrogens (tertiary/aromatic N) is 2. The number of rotatable bonds is 4. The summed E-state index contributed by atoms with van der Waals surface area (Å²) in [4.78, 5) is 4.21. The first-order valence-electron chi connectivity index (χ1n) is 6.88. The number of hydrogen-bond donors (Lipinski definition) is 1. The third-order valence-corrected chi connectivity index (χ3v) is 3.30. The Morgan fingerprint density at radius 1 is 1.29 bits per heavy atom. The third-order valence-electron chi connectivity index (χ3n) is 3.30. The number of benzene rings is 1. The third kappa shape index (κ3) is 3.39. The Hall–Kier alpha value is -2.38. The van der Waals surface area contributed by atoms with Crippen molar-refractivity contribution < 1.29 is 9.84 Å². The quantitative estimate of drug-likeness (QED) is 0.926. The van der Waals surface area contributed by atoms with E-state index in [2.05, 4.69) is 11.1 Å². The largest absolute Gasteiger partial charge is 0.455 e. The Bertz CT molecular complexity index is 649. The van der Waals surface area contributed by atoms with Gasteiger partial charge in [0.25, 0.3) is 0 Å². The number of aromatic nitrogens is 1. The van der Waals surface area contributed by atoms with Crippen LogP contribution in [0.1, 0.15) is 41.8 Å². The molecule has 0 fully saturated rings. The molecule has 4 heteroatoms. The lowest BCUT2D eigenvalue weighted by molar-refractivity contribution is 0.169. The van der Waals surface area contributed by atoms with E-state index in [1.165, 1.54) is 0 Å². The van der Waals surface area contributed by atoms with Crippen molar-refractivity contribution in [3.63, 3.8) is 0 Å². The molecule has 0 radical (unpaired) electrons. The van der Waals surface area contributed by atoms with Gasteiger partial charge in [-0.05, 0) is 55.7 Å². The van der Waals surface area contributed by atoms with Gasteiger partial charge >= 0.3 is 0 Å². The van der Waals surface area contributed by atoms with Crippen molar-refractivity contribution in [1.82, 2.24) is 4.98 Å². The van der Waals surface area contributed by atoms with E-state index < -0.39 is 6.10 Å². The number of aryl methyl sites for hydroxylation is 2. The normalized spacial score (nSPS) is 11.8. The lowest BCUT2D eigenvalue weighted by Crippen LogP contribution is -1.99. The Morgan fingerprint density at radius 2 is 1.95 bits per heavy atom. The van der Waals surface area contributed by atoms with Crippen LogP contribution in [0.2, 0.25) is 0 Å². The minimum absolute atomic E-state index is 0.544. The molecule has 108 valence electrons. The molecule has 2 aromatic rings. The van der Waals surface area contributed by atoms with Gasteiger partial charge in [-0.15, -0.1) is 0 Å². The maximum Gasteiger partial charge on any atom is 0.145 e. The van der Waals surface area contributed by atoms with Crippen LogP contribution in [0.5, 0.6) is 11.5 Å². The van der Waals surface area contributed by atoms with E-state index in [0.29, 0.717) is 23.4 Å². The van der Waals surface area contributed by atoms with E-state index in [1.807, 2.05) is 20.8 Å². The molecule has 21 heavy (non-hydrogen) atoms. The molecule has 1 N–H and O–H groups in total. The molecule has 0 amide bonds. The number of pyridine rings is 1. The van der Waals surface area contributed by atoms with Gasteiger partial charge in [0.2, 0.25) is 0 Å². The summed E-state index contributed by atoms with van der Waals surface area (Å²) in [6.45, 7) is 5.72. The van der Waals surface area contributed by atoms with Gasteiger partial charge in [0.1, 0.15) is 11.5 Å². The summed E-state index contributed by atoms with van der Waals surface area (Å²) in [5, 5.41) is 18.7. The van der Waals surface area contributed by atoms with Crippen LogP contribution >= 0.6 is 0 Å². The molecule has 0 aliphatic heterocycles. The Morgan fingerprint density at radius 3 is 2.43 bits per heavy atom. The smallest absolute Gasteiger partial charge is 0.145 e. The summed E-state index contributed by atoms with van der Waals surface area (Å²) in [7, 11) is 0. The van der Waals surface area contributed by atoms with Gasteiger partial charge in [0.15, 0.2) is 0 Å². The van der Waals surface area contributed by atoms with Crippen molar-refractivity contribution in [3.8, 4) is 17.6 Å². The minimum Gasteiger partial charge on any atom is -0.455 e. The van der Waals surface area contributed by atoms with Crippen molar-refractivity contribution in [3.05, 3.63) is 52.8 Å². The molecular weight excluding hydrogens is 264 g/mol. The van der Waals surface area contributed by atoms with Crippen LogP contribution in [0.15, 0.2) is 30.5 Å². The van der Waals surface area contributed by atoms with Crippen LogP contribution < -0.4 is 4.74 Å². The standard InChI is InChI=1S/C17H18N2O2/c1-4-16(20)15-6-5-14(10-19-15)21-17-11(2)7-13(9-18)8-12(17)3/h5-8,10,16,20H,4H2,1-3H3/t16-/m1/s1. The first-order valence-corrected chi connectivity index (χ1v) is 6.88. The molecule has 0 saturated heterocycles. The molecule has 1 atom stereocenters. The maximum absolute atomic E-state index is 9.72. The van der Waals surface area contributed by atoms with Gasteiger partial charge in [0, 0.05) is 0 Å². The second-order valence-corrected chi connectivity index (χ2v) is 5.00. The molecule has 0 aliphatic carbocycles. The number of nitriles is 1. The summed E-state index contributed by atoms with van der Waals surface area (Å²) in [5.41, 5.74) is 3.07. The Balaban J connectivity index is 2.25. The first-order chi connectivity index (χ1) is 10.0. The van der Waals surface area contributed by atoms with Crippen LogP contribution in [0.25, 0.3) is 0 Å². The molecule has 0 unspecified atom stereocenters. The topological polar surface area (TPSA) is 66.1 Å². The fourth-order valence-electron chi connectivity index (χ4n) is 2.15. The summed E-state index contributed by atoms with van der Waals surface area (Å²) in [6, 6.07) is 9.28. The predicted octanol–water partition coefficient (Wildman–Crippen LogP) is 3.81. The average molecular weight is 282 g/mol. The zero-order chi connectivity index (χ0) is 15.4. The van der Waals surface area contributed by atoms with Gasteiger partial charge in [-0.3, -0.25) is 4.98 Å². The summed E-state index contributed by atoms with van der Waals surface area (Å²) < 4.78 is 5.85. The maximum atomic E-state index is 9.72. The van der Waals surface area contributed by atoms with Crippen molar-refractivity contribution in [1.29, 1.82) is 5.26 Å². The number of aliphatic hydroxyl groups excluding tert-OH is 1. The number of ether oxygens (including phenoxy) is 1. The van der Waals surface area contributed by atoms with Crippen molar-refractivity contribution in [2.75, 3.05) is 0 Å². The van der Waals surface area contributed by atoms with Gasteiger partial charge in [-0.1, -0.05) is 6.92 Å². The van der Waals surface area contributed by atoms with Gasteiger partial charge in [-0.25, -0.2) is 0 Å². The molecule has 0 aliphatic rings.